The number of nitrogens with zero attached hydrogens (tertiary/aromatic N) is 2. The number of primary amides is 1. The van der Waals surface area contributed by atoms with Crippen LogP contribution in [0.25, 0.3) is 0 Å². The van der Waals surface area contributed by atoms with Crippen LogP contribution in [0.1, 0.15) is 36.8 Å². The zero-order valence-corrected chi connectivity index (χ0v) is 16.5. The van der Waals surface area contributed by atoms with Gasteiger partial charge in [-0.15, -0.1) is 0 Å². The molecule has 3 N–H and O–H groups in total. The first kappa shape index (κ1) is 19.9. The summed E-state index contributed by atoms with van der Waals surface area (Å²) in [4.78, 5) is 40.1. The Kier molecular flexibility index (Phi) is 6.03. The van der Waals surface area contributed by atoms with Crippen molar-refractivity contribution in [2.75, 3.05) is 17.7 Å². The fraction of sp³-hybridized carbons (Fsp3) is 0.368. The van der Waals surface area contributed by atoms with Crippen molar-refractivity contribution >= 4 is 29.4 Å². The van der Waals surface area contributed by atoms with Crippen LogP contribution in [-0.2, 0) is 16.6 Å². The molecule has 148 valence electrons. The van der Waals surface area contributed by atoms with Crippen molar-refractivity contribution in [1.82, 2.24) is 9.55 Å². The first-order valence-corrected chi connectivity index (χ1v) is 9.94. The summed E-state index contributed by atoms with van der Waals surface area (Å²) in [7, 11) is 1.80. The number of amides is 2. The number of hydrogen-bond acceptors (Lipinski definition) is 6. The number of thioether (sulfide) groups is 1. The van der Waals surface area contributed by atoms with E-state index in [2.05, 4.69) is 17.2 Å². The number of rotatable bonds is 7. The Bertz CT molecular complexity index is 956. The summed E-state index contributed by atoms with van der Waals surface area (Å²) < 4.78 is 7.03. The molecule has 9 heteroatoms. The third-order valence-electron chi connectivity index (χ3n) is 4.40. The molecule has 2 aromatic rings. The van der Waals surface area contributed by atoms with E-state index in [-0.39, 0.29) is 24.5 Å². The summed E-state index contributed by atoms with van der Waals surface area (Å²) in [5.41, 5.74) is 6.03. The van der Waals surface area contributed by atoms with Crippen LogP contribution in [0.2, 0.25) is 0 Å². The maximum atomic E-state index is 12.8. The molecule has 0 radical (unpaired) electrons. The highest BCUT2D eigenvalue weighted by molar-refractivity contribution is 7.99. The summed E-state index contributed by atoms with van der Waals surface area (Å²) in [6, 6.07) is 6.94. The molecule has 0 spiro atoms. The number of hydrogen-bond donors (Lipinski definition) is 2. The maximum absolute atomic E-state index is 12.8. The highest BCUT2D eigenvalue weighted by atomic mass is 32.2. The monoisotopic (exact) mass is 402 g/mol. The van der Waals surface area contributed by atoms with E-state index in [1.54, 1.807) is 35.9 Å². The van der Waals surface area contributed by atoms with E-state index in [1.165, 1.54) is 11.8 Å². The summed E-state index contributed by atoms with van der Waals surface area (Å²) in [5, 5.41) is 3.41. The Balaban J connectivity index is 1.97. The molecule has 2 heterocycles. The van der Waals surface area contributed by atoms with Gasteiger partial charge in [-0.25, -0.2) is 0 Å². The number of fused-ring (bicyclic) bond motifs is 1. The van der Waals surface area contributed by atoms with E-state index in [4.69, 9.17) is 10.5 Å². The third-order valence-corrected chi connectivity index (χ3v) is 5.64. The summed E-state index contributed by atoms with van der Waals surface area (Å²) in [6.07, 6.45) is 1.11. The molecule has 0 bridgehead atoms. The second kappa shape index (κ2) is 8.47. The first-order chi connectivity index (χ1) is 13.4. The topological polar surface area (TPSA) is 116 Å². The third kappa shape index (κ3) is 4.19. The lowest BCUT2D eigenvalue weighted by Gasteiger charge is -2.27. The van der Waals surface area contributed by atoms with Gasteiger partial charge in [0, 0.05) is 25.1 Å². The zero-order chi connectivity index (χ0) is 20.3. The average Bonchev–Trinajstić information content (AvgIpc) is 2.67. The van der Waals surface area contributed by atoms with Crippen molar-refractivity contribution in [3.63, 3.8) is 0 Å². The van der Waals surface area contributed by atoms with Crippen LogP contribution in [0.3, 0.4) is 0 Å². The SMILES string of the molecule is CCCSc1nc(=O)c2c(n1C)NC(=O)CC2c1ccc(OCC(N)=O)cc1. The van der Waals surface area contributed by atoms with Crippen LogP contribution in [-0.4, -0.2) is 33.7 Å². The van der Waals surface area contributed by atoms with E-state index in [1.807, 2.05) is 0 Å². The minimum atomic E-state index is -0.562. The standard InChI is InChI=1S/C19H22N4O4S/c1-3-8-28-19-22-18(26)16-13(9-15(25)21-17(16)23(19)2)11-4-6-12(7-5-11)27-10-14(20)24/h4-7,13H,3,8-10H2,1-2H3,(H2,20,24)(H,21,25). The minimum absolute atomic E-state index is 0.154. The Morgan fingerprint density at radius 1 is 1.36 bits per heavy atom. The van der Waals surface area contributed by atoms with E-state index >= 15 is 0 Å². The normalized spacial score (nSPS) is 15.6. The molecule has 1 unspecified atom stereocenters. The second-order valence-electron chi connectivity index (χ2n) is 6.50. The van der Waals surface area contributed by atoms with Gasteiger partial charge >= 0.3 is 0 Å². The lowest BCUT2D eigenvalue weighted by molar-refractivity contribution is -0.120. The number of benzene rings is 1. The Morgan fingerprint density at radius 3 is 2.71 bits per heavy atom. The van der Waals surface area contributed by atoms with E-state index < -0.39 is 11.8 Å². The number of nitrogens with one attached hydrogen (secondary N) is 1. The number of nitrogens with two attached hydrogens (primary N) is 1. The maximum Gasteiger partial charge on any atom is 0.279 e. The molecular weight excluding hydrogens is 380 g/mol. The number of ether oxygens (including phenoxy) is 1. The van der Waals surface area contributed by atoms with Gasteiger partial charge in [0.2, 0.25) is 5.91 Å². The van der Waals surface area contributed by atoms with Crippen LogP contribution < -0.4 is 21.3 Å². The Morgan fingerprint density at radius 2 is 2.07 bits per heavy atom. The van der Waals surface area contributed by atoms with E-state index in [0.29, 0.717) is 22.3 Å². The first-order valence-electron chi connectivity index (χ1n) is 8.95. The molecule has 1 aliphatic heterocycles. The lowest BCUT2D eigenvalue weighted by atomic mass is 9.87. The van der Waals surface area contributed by atoms with E-state index in [0.717, 1.165) is 17.7 Å². The van der Waals surface area contributed by atoms with Gasteiger partial charge < -0.3 is 20.4 Å². The van der Waals surface area contributed by atoms with Gasteiger partial charge in [-0.1, -0.05) is 30.8 Å². The minimum Gasteiger partial charge on any atom is -0.484 e. The van der Waals surface area contributed by atoms with Gasteiger partial charge in [0.1, 0.15) is 11.6 Å². The molecule has 1 aromatic carbocycles. The molecule has 8 nitrogen and oxygen atoms in total. The highest BCUT2D eigenvalue weighted by Crippen LogP contribution is 2.36. The number of anilines is 1. The predicted octanol–water partition coefficient (Wildman–Crippen LogP) is 1.62. The van der Waals surface area contributed by atoms with Crippen LogP contribution in [0, 0.1) is 0 Å². The van der Waals surface area contributed by atoms with Gasteiger partial charge in [0.05, 0.1) is 5.56 Å². The molecule has 0 saturated heterocycles. The van der Waals surface area contributed by atoms with Crippen LogP contribution >= 0.6 is 11.8 Å². The molecule has 1 aliphatic rings. The van der Waals surface area contributed by atoms with E-state index in [9.17, 15) is 14.4 Å². The largest absolute Gasteiger partial charge is 0.484 e. The van der Waals surface area contributed by atoms with Gasteiger partial charge in [-0.2, -0.15) is 4.98 Å². The van der Waals surface area contributed by atoms with Gasteiger partial charge in [0.15, 0.2) is 11.8 Å². The quantitative estimate of drug-likeness (QED) is 0.537. The van der Waals surface area contributed by atoms with Crippen molar-refractivity contribution in [3.8, 4) is 5.75 Å². The van der Waals surface area contributed by atoms with Crippen molar-refractivity contribution in [2.24, 2.45) is 12.8 Å². The molecule has 1 atom stereocenters. The fourth-order valence-electron chi connectivity index (χ4n) is 3.09. The van der Waals surface area contributed by atoms with Gasteiger partial charge in [-0.3, -0.25) is 14.4 Å². The van der Waals surface area contributed by atoms with Crippen LogP contribution in [0.15, 0.2) is 34.2 Å². The van der Waals surface area contributed by atoms with Crippen molar-refractivity contribution in [2.45, 2.75) is 30.8 Å². The highest BCUT2D eigenvalue weighted by Gasteiger charge is 2.32. The molecule has 1 aromatic heterocycles. The Hall–Kier alpha value is -2.81. The van der Waals surface area contributed by atoms with Crippen molar-refractivity contribution in [1.29, 1.82) is 0 Å². The number of carbonyl (C=O) groups is 2. The lowest BCUT2D eigenvalue weighted by Crippen LogP contribution is -2.33. The molecule has 28 heavy (non-hydrogen) atoms. The predicted molar refractivity (Wildman–Crippen MR) is 107 cm³/mol. The molecular formula is C19H22N4O4S. The summed E-state index contributed by atoms with van der Waals surface area (Å²) >= 11 is 1.49. The fourth-order valence-corrected chi connectivity index (χ4v) is 3.91. The van der Waals surface area contributed by atoms with Gasteiger partial charge in [-0.05, 0) is 24.1 Å². The molecule has 2 amide bonds. The molecule has 0 aliphatic carbocycles. The number of aromatic nitrogens is 2. The molecule has 3 rings (SSSR count). The van der Waals surface area contributed by atoms with Crippen molar-refractivity contribution in [3.05, 3.63) is 45.7 Å². The Labute approximate surface area is 166 Å². The molecule has 0 saturated carbocycles. The average molecular weight is 402 g/mol. The molecule has 0 fully saturated rings. The number of carbonyl (C=O) groups excluding carboxylic acids is 2. The van der Waals surface area contributed by atoms with Crippen LogP contribution in [0.4, 0.5) is 5.82 Å². The summed E-state index contributed by atoms with van der Waals surface area (Å²) in [6.45, 7) is 1.84. The summed E-state index contributed by atoms with van der Waals surface area (Å²) in [5.74, 6) is 0.704. The van der Waals surface area contributed by atoms with Crippen LogP contribution in [0.5, 0.6) is 5.75 Å². The second-order valence-corrected chi connectivity index (χ2v) is 7.56. The zero-order valence-electron chi connectivity index (χ0n) is 15.7. The smallest absolute Gasteiger partial charge is 0.279 e. The van der Waals surface area contributed by atoms with Gasteiger partial charge in [0.25, 0.3) is 11.5 Å². The van der Waals surface area contributed by atoms with Crippen molar-refractivity contribution < 1.29 is 14.3 Å².